The number of hydrogen-bond acceptors (Lipinski definition) is 4. The molecule has 11 heavy (non-hydrogen) atoms. The van der Waals surface area contributed by atoms with Gasteiger partial charge in [0.1, 0.15) is 11.8 Å². The fourth-order valence-corrected chi connectivity index (χ4v) is 0.895. The molecule has 0 saturated heterocycles. The van der Waals surface area contributed by atoms with Crippen molar-refractivity contribution in [2.75, 3.05) is 5.75 Å². The first-order chi connectivity index (χ1) is 4.33. The van der Waals surface area contributed by atoms with Crippen molar-refractivity contribution < 1.29 is 22.9 Å². The van der Waals surface area contributed by atoms with E-state index in [0.29, 0.717) is 0 Å². The van der Waals surface area contributed by atoms with Crippen molar-refractivity contribution in [3.8, 4) is 0 Å². The van der Waals surface area contributed by atoms with E-state index in [0.717, 1.165) is 0 Å². The molecule has 4 N–H and O–H groups in total. The third kappa shape index (κ3) is 8.89. The Labute approximate surface area is 106 Å². The molecule has 0 spiro atoms. The number of carbonyl (C=O) groups is 1. The van der Waals surface area contributed by atoms with Crippen molar-refractivity contribution in [2.45, 2.75) is 6.04 Å². The van der Waals surface area contributed by atoms with Crippen LogP contribution in [0.4, 0.5) is 0 Å². The summed E-state index contributed by atoms with van der Waals surface area (Å²) in [6.45, 7) is 0. The molecule has 0 aliphatic rings. The summed E-state index contributed by atoms with van der Waals surface area (Å²) >= 11 is 0. The molecule has 0 aromatic rings. The van der Waals surface area contributed by atoms with Crippen LogP contribution in [0, 0.1) is 0 Å². The predicted octanol–water partition coefficient (Wildman–Crippen LogP) is -2.36. The maximum atomic E-state index is 9.96. The van der Waals surface area contributed by atoms with Crippen LogP contribution in [-0.4, -0.2) is 87.2 Å². The number of nitrogens with two attached hydrogens (primary N) is 1. The second-order valence-electron chi connectivity index (χ2n) is 1.69. The molecule has 0 aromatic heterocycles. The van der Waals surface area contributed by atoms with Gasteiger partial charge in [0, 0.05) is 0 Å². The van der Waals surface area contributed by atoms with Gasteiger partial charge in [0.15, 0.2) is 0 Å². The fraction of sp³-hybridized carbons (Fsp3) is 0.667. The molecule has 1 atom stereocenters. The Kier molecular flexibility index (Phi) is 7.37. The van der Waals surface area contributed by atoms with Gasteiger partial charge in [0.25, 0.3) is 10.1 Å². The van der Waals surface area contributed by atoms with Crippen molar-refractivity contribution >= 4 is 67.5 Å². The van der Waals surface area contributed by atoms with Gasteiger partial charge in [0.05, 0.1) is 0 Å². The van der Waals surface area contributed by atoms with E-state index in [9.17, 15) is 13.2 Å². The molecule has 0 heterocycles. The van der Waals surface area contributed by atoms with Crippen LogP contribution in [0.2, 0.25) is 0 Å². The zero-order chi connectivity index (χ0) is 8.36. The summed E-state index contributed by atoms with van der Waals surface area (Å²) in [6.07, 6.45) is 0. The second-order valence-corrected chi connectivity index (χ2v) is 3.19. The molecular formula is C3H8KNO5S. The molecule has 0 saturated carbocycles. The van der Waals surface area contributed by atoms with Crippen molar-refractivity contribution in [3.63, 3.8) is 0 Å². The van der Waals surface area contributed by atoms with Gasteiger partial charge in [-0.15, -0.1) is 0 Å². The minimum atomic E-state index is -4.27. The molecule has 0 fully saturated rings. The van der Waals surface area contributed by atoms with E-state index < -0.39 is 27.9 Å². The van der Waals surface area contributed by atoms with E-state index in [-0.39, 0.29) is 51.4 Å². The number of aliphatic carboxylic acids is 1. The third-order valence-electron chi connectivity index (χ3n) is 0.707. The predicted molar refractivity (Wildman–Crippen MR) is 39.2 cm³/mol. The number of carboxylic acid groups (broad SMARTS) is 1. The molecule has 0 unspecified atom stereocenters. The van der Waals surface area contributed by atoms with Gasteiger partial charge in [-0.3, -0.25) is 9.35 Å². The molecule has 0 aliphatic heterocycles. The van der Waals surface area contributed by atoms with Crippen LogP contribution in [0.25, 0.3) is 0 Å². The van der Waals surface area contributed by atoms with E-state index >= 15 is 0 Å². The van der Waals surface area contributed by atoms with Crippen LogP contribution in [0.1, 0.15) is 0 Å². The summed E-state index contributed by atoms with van der Waals surface area (Å²) in [5.74, 6) is -2.42. The Morgan fingerprint density at radius 3 is 2.00 bits per heavy atom. The summed E-state index contributed by atoms with van der Waals surface area (Å²) in [6, 6.07) is -1.56. The summed E-state index contributed by atoms with van der Waals surface area (Å²) < 4.78 is 28.0. The van der Waals surface area contributed by atoms with Crippen LogP contribution in [-0.2, 0) is 14.9 Å². The molecule has 6 nitrogen and oxygen atoms in total. The topological polar surface area (TPSA) is 118 Å². The van der Waals surface area contributed by atoms with E-state index in [1.165, 1.54) is 0 Å². The monoisotopic (exact) mass is 209 g/mol. The first-order valence-electron chi connectivity index (χ1n) is 2.26. The molecule has 0 rings (SSSR count). The Hall–Kier alpha value is 0.976. The van der Waals surface area contributed by atoms with Gasteiger partial charge in [-0.05, 0) is 0 Å². The average Bonchev–Trinajstić information content (AvgIpc) is 1.60. The molecule has 0 bridgehead atoms. The Balaban J connectivity index is 0. The summed E-state index contributed by atoms with van der Waals surface area (Å²) in [7, 11) is -4.27. The number of carboxylic acids is 1. The molecule has 0 aromatic carbocycles. The Bertz CT molecular complexity index is 224. The van der Waals surface area contributed by atoms with Gasteiger partial charge in [-0.25, -0.2) is 0 Å². The molecule has 0 radical (unpaired) electrons. The van der Waals surface area contributed by atoms with Crippen molar-refractivity contribution in [3.05, 3.63) is 0 Å². The molecule has 8 heteroatoms. The van der Waals surface area contributed by atoms with E-state index in [4.69, 9.17) is 15.4 Å². The van der Waals surface area contributed by atoms with E-state index in [2.05, 4.69) is 0 Å². The van der Waals surface area contributed by atoms with Crippen molar-refractivity contribution in [1.29, 1.82) is 0 Å². The quantitative estimate of drug-likeness (QED) is 0.353. The zero-order valence-corrected chi connectivity index (χ0v) is 5.71. The minimum absolute atomic E-state index is 0. The van der Waals surface area contributed by atoms with Gasteiger partial charge in [-0.2, -0.15) is 8.42 Å². The van der Waals surface area contributed by atoms with Crippen LogP contribution in [0.3, 0.4) is 0 Å². The third-order valence-corrected chi connectivity index (χ3v) is 1.49. The second kappa shape index (κ2) is 5.59. The maximum absolute atomic E-state index is 9.96. The van der Waals surface area contributed by atoms with E-state index in [1.54, 1.807) is 0 Å². The molecule has 0 amide bonds. The van der Waals surface area contributed by atoms with Gasteiger partial charge in [0.2, 0.25) is 0 Å². The van der Waals surface area contributed by atoms with Crippen molar-refractivity contribution in [2.24, 2.45) is 5.73 Å². The summed E-state index contributed by atoms with van der Waals surface area (Å²) in [5.41, 5.74) is 4.76. The zero-order valence-electron chi connectivity index (χ0n) is 4.89. The molecule has 62 valence electrons. The van der Waals surface area contributed by atoms with Crippen LogP contribution in [0.5, 0.6) is 0 Å². The number of rotatable bonds is 3. The van der Waals surface area contributed by atoms with Crippen LogP contribution in [0.15, 0.2) is 0 Å². The first kappa shape index (κ1) is 14.5. The fourth-order valence-electron chi connectivity index (χ4n) is 0.298. The SMILES string of the molecule is N[C@H](CS(=O)(=O)O)C(=O)O.[KH]. The molecular weight excluding hydrogens is 201 g/mol. The van der Waals surface area contributed by atoms with Crippen LogP contribution >= 0.6 is 0 Å². The first-order valence-corrected chi connectivity index (χ1v) is 3.87. The normalized spacial score (nSPS) is 13.3. The average molecular weight is 209 g/mol. The standard InChI is InChI=1S/C3H7NO5S.K.H/c4-2(3(5)6)1-10(7,8)9;;/h2H,1,4H2,(H,5,6)(H,7,8,9);;/t2-;;/m1../s1. The van der Waals surface area contributed by atoms with Crippen molar-refractivity contribution in [1.82, 2.24) is 0 Å². The Morgan fingerprint density at radius 2 is 1.91 bits per heavy atom. The van der Waals surface area contributed by atoms with Gasteiger partial charge >= 0.3 is 57.4 Å². The van der Waals surface area contributed by atoms with E-state index in [1.807, 2.05) is 0 Å². The van der Waals surface area contributed by atoms with Gasteiger partial charge in [-0.1, -0.05) is 0 Å². The summed E-state index contributed by atoms with van der Waals surface area (Å²) in [4.78, 5) is 9.88. The Morgan fingerprint density at radius 1 is 1.55 bits per heavy atom. The summed E-state index contributed by atoms with van der Waals surface area (Å²) in [5, 5.41) is 8.04. The number of hydrogen-bond donors (Lipinski definition) is 3. The van der Waals surface area contributed by atoms with Crippen LogP contribution < -0.4 is 5.73 Å². The molecule has 0 aliphatic carbocycles. The van der Waals surface area contributed by atoms with Gasteiger partial charge < -0.3 is 10.8 Å².